The van der Waals surface area contributed by atoms with Gasteiger partial charge in [-0.3, -0.25) is 45.8 Å². The van der Waals surface area contributed by atoms with Crippen molar-refractivity contribution in [3.63, 3.8) is 0 Å². The number of rotatable bonds is 12. The van der Waals surface area contributed by atoms with Crippen LogP contribution in [0.15, 0.2) is 46.9 Å². The van der Waals surface area contributed by atoms with Crippen LogP contribution in [-0.2, 0) is 37.4 Å². The van der Waals surface area contributed by atoms with Gasteiger partial charge in [0.2, 0.25) is 23.6 Å². The molecule has 1 aliphatic rings. The first kappa shape index (κ1) is 40.1. The first-order valence-corrected chi connectivity index (χ1v) is 19.0. The highest BCUT2D eigenvalue weighted by molar-refractivity contribution is 6.05. The third-order valence-electron chi connectivity index (χ3n) is 9.50. The fourth-order valence-electron chi connectivity index (χ4n) is 6.92. The molecule has 8 N–H and O–H groups in total. The number of aryl methyl sites for hydroxylation is 4. The molecule has 20 heteroatoms. The van der Waals surface area contributed by atoms with Crippen LogP contribution in [0.4, 0.5) is 11.9 Å². The number of amides is 3. The van der Waals surface area contributed by atoms with E-state index in [1.54, 1.807) is 24.5 Å². The molecule has 6 aromatic rings. The van der Waals surface area contributed by atoms with E-state index in [4.69, 9.17) is 40.5 Å². The van der Waals surface area contributed by atoms with Gasteiger partial charge < -0.3 is 33.9 Å². The van der Waals surface area contributed by atoms with E-state index in [2.05, 4.69) is 26.1 Å². The van der Waals surface area contributed by atoms with Crippen LogP contribution in [0.5, 0.6) is 11.5 Å². The van der Waals surface area contributed by atoms with Crippen LogP contribution >= 0.6 is 0 Å². The van der Waals surface area contributed by atoms with Gasteiger partial charge in [0.1, 0.15) is 28.2 Å². The maximum absolute atomic E-state index is 13.9. The van der Waals surface area contributed by atoms with Gasteiger partial charge in [-0.1, -0.05) is 19.1 Å². The van der Waals surface area contributed by atoms with Crippen molar-refractivity contribution in [2.24, 2.45) is 11.6 Å². The Hall–Kier alpha value is -7.06. The Morgan fingerprint density at radius 1 is 0.864 bits per heavy atom. The van der Waals surface area contributed by atoms with Gasteiger partial charge in [0.25, 0.3) is 11.8 Å². The van der Waals surface area contributed by atoms with Crippen molar-refractivity contribution in [3.8, 4) is 11.5 Å². The summed E-state index contributed by atoms with van der Waals surface area (Å²) in [5.74, 6) is 4.66. The second-order valence-electron chi connectivity index (χ2n) is 13.8. The third-order valence-corrected chi connectivity index (χ3v) is 9.50. The van der Waals surface area contributed by atoms with E-state index in [1.807, 2.05) is 35.8 Å². The number of aliphatic carboxylic acids is 1. The summed E-state index contributed by atoms with van der Waals surface area (Å²) in [5.41, 5.74) is 12.6. The van der Waals surface area contributed by atoms with E-state index >= 15 is 0 Å². The number of anilines is 2. The van der Waals surface area contributed by atoms with Crippen LogP contribution in [-0.4, -0.2) is 75.9 Å². The zero-order valence-electron chi connectivity index (χ0n) is 32.7. The van der Waals surface area contributed by atoms with Gasteiger partial charge >= 0.3 is 5.97 Å². The standard InChI is InChI=1S/C39H44N12O8/c1-4-25-34(59-22(3)43-25)37(56)47-39-44-26-16-23(20-42-41)17-29-32(26)49(39)10-5-6-11-50-33-27(18-24(35(40)54)19-30(33)58-14-8-13-57-29)45-38(50)46-36(55)28-15-21(2)48-51(28)12-7-9-31(52)53/h5-6,15-19,42H,4,7-14,20,41H2,1-3H3,(H2,40,54)(H,52,53)(H,44,47,56)(H,45,46,55)/b6-5+. The number of carboxylic acids is 1. The number of aromatic nitrogens is 7. The highest BCUT2D eigenvalue weighted by atomic mass is 16.5. The summed E-state index contributed by atoms with van der Waals surface area (Å²) in [6.07, 6.45) is 4.80. The van der Waals surface area contributed by atoms with Gasteiger partial charge in [0.05, 0.1) is 35.6 Å². The van der Waals surface area contributed by atoms with Crippen molar-refractivity contribution in [1.82, 2.24) is 39.3 Å². The molecule has 2 aromatic carbocycles. The van der Waals surface area contributed by atoms with Crippen LogP contribution in [0.25, 0.3) is 22.1 Å². The highest BCUT2D eigenvalue weighted by Crippen LogP contribution is 2.34. The first-order valence-electron chi connectivity index (χ1n) is 19.0. The number of nitrogens with zero attached hydrogens (tertiary/aromatic N) is 7. The van der Waals surface area contributed by atoms with Crippen molar-refractivity contribution in [2.45, 2.75) is 72.6 Å². The quantitative estimate of drug-likeness (QED) is 0.0586. The van der Waals surface area contributed by atoms with Crippen LogP contribution in [0, 0.1) is 13.8 Å². The number of hydrogen-bond donors (Lipinski definition) is 6. The predicted molar refractivity (Wildman–Crippen MR) is 214 cm³/mol. The van der Waals surface area contributed by atoms with E-state index in [0.717, 1.165) is 5.56 Å². The van der Waals surface area contributed by atoms with Gasteiger partial charge in [-0.2, -0.15) is 5.10 Å². The summed E-state index contributed by atoms with van der Waals surface area (Å²) in [7, 11) is 0. The predicted octanol–water partition coefficient (Wildman–Crippen LogP) is 3.60. The number of ether oxygens (including phenoxy) is 2. The number of imidazole rings is 2. The minimum atomic E-state index is -0.951. The zero-order chi connectivity index (χ0) is 41.8. The van der Waals surface area contributed by atoms with E-state index in [0.29, 0.717) is 70.2 Å². The van der Waals surface area contributed by atoms with Crippen LogP contribution in [0.1, 0.15) is 80.4 Å². The Morgan fingerprint density at radius 2 is 1.51 bits per heavy atom. The van der Waals surface area contributed by atoms with E-state index in [-0.39, 0.29) is 74.6 Å². The number of carbonyl (C=O) groups is 4. The number of primary amides is 1. The van der Waals surface area contributed by atoms with E-state index < -0.39 is 23.7 Å². The molecule has 0 atom stereocenters. The molecule has 0 fully saturated rings. The van der Waals surface area contributed by atoms with Crippen molar-refractivity contribution in [2.75, 3.05) is 23.8 Å². The number of benzene rings is 2. The minimum Gasteiger partial charge on any atom is -0.491 e. The Morgan fingerprint density at radius 3 is 2.14 bits per heavy atom. The summed E-state index contributed by atoms with van der Waals surface area (Å²) in [6.45, 7) is 6.59. The van der Waals surface area contributed by atoms with Gasteiger partial charge in [-0.15, -0.1) is 0 Å². The molecule has 4 aromatic heterocycles. The Balaban J connectivity index is 1.28. The second kappa shape index (κ2) is 17.2. The van der Waals surface area contributed by atoms with Crippen LogP contribution in [0.3, 0.4) is 0 Å². The van der Waals surface area contributed by atoms with Crippen LogP contribution < -0.4 is 37.1 Å². The Labute approximate surface area is 336 Å². The number of hydrazine groups is 1. The number of allylic oxidation sites excluding steroid dienone is 2. The normalized spacial score (nSPS) is 13.6. The topological polar surface area (TPSA) is 275 Å². The zero-order valence-corrected chi connectivity index (χ0v) is 32.7. The fourth-order valence-corrected chi connectivity index (χ4v) is 6.92. The lowest BCUT2D eigenvalue weighted by atomic mass is 10.1. The number of nitrogens with one attached hydrogen (secondary N) is 3. The summed E-state index contributed by atoms with van der Waals surface area (Å²) < 4.78 is 23.3. The first-order chi connectivity index (χ1) is 28.4. The molecule has 0 bridgehead atoms. The average Bonchev–Trinajstić information content (AvgIpc) is 3.95. The molecule has 3 amide bonds. The number of hydrogen-bond acceptors (Lipinski definition) is 13. The Bertz CT molecular complexity index is 2620. The summed E-state index contributed by atoms with van der Waals surface area (Å²) in [6, 6.07) is 8.38. The average molecular weight is 809 g/mol. The number of carbonyl (C=O) groups excluding carboxylic acids is 3. The molecule has 20 nitrogen and oxygen atoms in total. The largest absolute Gasteiger partial charge is 0.491 e. The maximum atomic E-state index is 13.9. The smallest absolute Gasteiger partial charge is 0.303 e. The summed E-state index contributed by atoms with van der Waals surface area (Å²) in [4.78, 5) is 64.9. The highest BCUT2D eigenvalue weighted by Gasteiger charge is 2.25. The molecule has 308 valence electrons. The van der Waals surface area contributed by atoms with Gasteiger partial charge in [0, 0.05) is 51.5 Å². The number of carboxylic acid groups (broad SMARTS) is 1. The molecule has 0 radical (unpaired) electrons. The molecule has 0 spiro atoms. The van der Waals surface area contributed by atoms with Crippen LogP contribution in [0.2, 0.25) is 0 Å². The molecule has 0 unspecified atom stereocenters. The lowest BCUT2D eigenvalue weighted by Gasteiger charge is -2.14. The van der Waals surface area contributed by atoms with Crippen molar-refractivity contribution in [3.05, 3.63) is 82.3 Å². The lowest BCUT2D eigenvalue weighted by molar-refractivity contribution is -0.137. The SMILES string of the molecule is CCc1nc(C)oc1C(=O)Nc1nc2cc(CNN)cc3c2n1C/C=C/Cn1c(NC(=O)c2cc(C)nn2CCCC(=O)O)nc2cc(C(N)=O)cc(c21)OCCCO3. The van der Waals surface area contributed by atoms with Gasteiger partial charge in [-0.25, -0.2) is 15.0 Å². The molecule has 0 saturated heterocycles. The van der Waals surface area contributed by atoms with Crippen molar-refractivity contribution in [1.29, 1.82) is 0 Å². The molecule has 7 rings (SSSR count). The Kier molecular flexibility index (Phi) is 11.7. The van der Waals surface area contributed by atoms with E-state index in [9.17, 15) is 19.2 Å². The molecule has 0 aliphatic carbocycles. The molecule has 59 heavy (non-hydrogen) atoms. The van der Waals surface area contributed by atoms with E-state index in [1.165, 1.54) is 16.8 Å². The van der Waals surface area contributed by atoms with Gasteiger partial charge in [0.15, 0.2) is 5.89 Å². The summed E-state index contributed by atoms with van der Waals surface area (Å²) >= 11 is 0. The molecular formula is C39H44N12O8. The monoisotopic (exact) mass is 808 g/mol. The maximum Gasteiger partial charge on any atom is 0.303 e. The number of oxazole rings is 1. The molecular weight excluding hydrogens is 765 g/mol. The molecule has 5 heterocycles. The second-order valence-corrected chi connectivity index (χ2v) is 13.8. The minimum absolute atomic E-state index is 0.0863. The fraction of sp³-hybridized carbons (Fsp3) is 0.333. The molecule has 1 aliphatic heterocycles. The lowest BCUT2D eigenvalue weighted by Crippen LogP contribution is -2.20. The summed E-state index contributed by atoms with van der Waals surface area (Å²) in [5, 5.41) is 19.3. The molecule has 0 saturated carbocycles. The van der Waals surface area contributed by atoms with Crippen molar-refractivity contribution >= 4 is 57.7 Å². The van der Waals surface area contributed by atoms with Crippen molar-refractivity contribution < 1.29 is 38.2 Å². The number of nitrogens with two attached hydrogens (primary N) is 2. The third kappa shape index (κ3) is 8.62. The van der Waals surface area contributed by atoms with Gasteiger partial charge in [-0.05, 0) is 55.7 Å².